The molecule has 0 spiro atoms. The highest BCUT2D eigenvalue weighted by atomic mass is 16.3. The van der Waals surface area contributed by atoms with E-state index in [-0.39, 0.29) is 0 Å². The van der Waals surface area contributed by atoms with Gasteiger partial charge in [0.2, 0.25) is 0 Å². The quantitative estimate of drug-likeness (QED) is 0.142. The Hall–Kier alpha value is -8.98. The van der Waals surface area contributed by atoms with Gasteiger partial charge in [0.15, 0.2) is 0 Å². The second kappa shape index (κ2) is 16.5. The molecular formula is C66H43NO. The molecule has 68 heavy (non-hydrogen) atoms. The molecule has 0 bridgehead atoms. The van der Waals surface area contributed by atoms with Crippen LogP contribution in [0.3, 0.4) is 0 Å². The number of anilines is 3. The average Bonchev–Trinajstić information content (AvgIpc) is 3.82. The maximum atomic E-state index is 6.72. The monoisotopic (exact) mass is 865 g/mol. The fraction of sp³-hybridized carbons (Fsp3) is 0. The molecule has 1 aromatic heterocycles. The van der Waals surface area contributed by atoms with Crippen LogP contribution in [-0.2, 0) is 0 Å². The largest absolute Gasteiger partial charge is 0.455 e. The number of furan rings is 1. The van der Waals surface area contributed by atoms with Crippen molar-refractivity contribution in [3.05, 3.63) is 261 Å². The number of hydrogen-bond donors (Lipinski definition) is 0. The normalized spacial score (nSPS) is 11.5. The summed E-state index contributed by atoms with van der Waals surface area (Å²) in [7, 11) is 0. The summed E-state index contributed by atoms with van der Waals surface area (Å²) in [6.07, 6.45) is 0. The van der Waals surface area contributed by atoms with Gasteiger partial charge in [-0.2, -0.15) is 0 Å². The SMILES string of the molecule is c1ccc(-c2cc(-c3ccccc3)cc(-c3ccc(N(c4ccc(-c5ccc6c(ccc7ccccc76)c5)cc4)c4ccccc4-c4cccc5oc6c7ccccc7ccc6c45)cc3)c2)cc1. The molecule has 0 atom stereocenters. The fourth-order valence-corrected chi connectivity index (χ4v) is 10.3. The summed E-state index contributed by atoms with van der Waals surface area (Å²) < 4.78 is 6.72. The molecule has 0 radical (unpaired) electrons. The topological polar surface area (TPSA) is 16.4 Å². The molecule has 318 valence electrons. The lowest BCUT2D eigenvalue weighted by molar-refractivity contribution is 0.673. The first-order chi connectivity index (χ1) is 33.7. The first-order valence-corrected chi connectivity index (χ1v) is 23.3. The molecule has 12 aromatic carbocycles. The van der Waals surface area contributed by atoms with E-state index in [2.05, 4.69) is 266 Å². The van der Waals surface area contributed by atoms with E-state index in [9.17, 15) is 0 Å². The second-order valence-electron chi connectivity index (χ2n) is 17.6. The Morgan fingerprint density at radius 2 is 0.735 bits per heavy atom. The molecule has 0 fully saturated rings. The van der Waals surface area contributed by atoms with Crippen LogP contribution in [0.25, 0.3) is 110 Å². The van der Waals surface area contributed by atoms with Crippen molar-refractivity contribution < 1.29 is 4.42 Å². The Labute approximate surface area is 395 Å². The van der Waals surface area contributed by atoms with Crippen molar-refractivity contribution in [2.24, 2.45) is 0 Å². The molecule has 13 rings (SSSR count). The molecule has 0 aliphatic carbocycles. The Kier molecular flexibility index (Phi) is 9.54. The molecule has 0 saturated carbocycles. The standard InChI is InChI=1S/C66H43NO/c1-3-14-44(15-4-1)52-41-53(45-16-5-2-6-17-45)43-54(42-52)47-30-36-56(37-31-47)67(55-34-28-46(29-35-55)50-33-38-58-51(40-50)27-26-48-18-7-9-20-57(48)58)63-24-12-11-22-60(63)61-23-13-25-64-65(61)62-39-32-49-19-8-10-21-59(49)66(62)68-64/h1-43H. The first kappa shape index (κ1) is 39.4. The maximum Gasteiger partial charge on any atom is 0.143 e. The predicted molar refractivity (Wildman–Crippen MR) is 288 cm³/mol. The summed E-state index contributed by atoms with van der Waals surface area (Å²) in [6, 6.07) is 94.5. The van der Waals surface area contributed by atoms with Crippen molar-refractivity contribution in [2.75, 3.05) is 4.90 Å². The highest BCUT2D eigenvalue weighted by Gasteiger charge is 2.21. The van der Waals surface area contributed by atoms with E-state index in [0.29, 0.717) is 0 Å². The molecule has 0 N–H and O–H groups in total. The minimum atomic E-state index is 0.875. The van der Waals surface area contributed by atoms with Gasteiger partial charge in [0, 0.05) is 33.1 Å². The van der Waals surface area contributed by atoms with Gasteiger partial charge in [-0.3, -0.25) is 0 Å². The molecule has 2 nitrogen and oxygen atoms in total. The van der Waals surface area contributed by atoms with Crippen LogP contribution in [0, 0.1) is 0 Å². The molecule has 2 heteroatoms. The van der Waals surface area contributed by atoms with Crippen LogP contribution in [0.15, 0.2) is 265 Å². The number of fused-ring (bicyclic) bond motifs is 8. The Morgan fingerprint density at radius 3 is 1.41 bits per heavy atom. The van der Waals surface area contributed by atoms with Gasteiger partial charge in [0.1, 0.15) is 11.2 Å². The van der Waals surface area contributed by atoms with Crippen molar-refractivity contribution in [1.29, 1.82) is 0 Å². The third-order valence-electron chi connectivity index (χ3n) is 13.6. The molecule has 1 heterocycles. The van der Waals surface area contributed by atoms with E-state index in [1.807, 2.05) is 0 Å². The third-order valence-corrected chi connectivity index (χ3v) is 13.6. The summed E-state index contributed by atoms with van der Waals surface area (Å²) in [5.41, 5.74) is 16.7. The van der Waals surface area contributed by atoms with Gasteiger partial charge in [-0.05, 0) is 144 Å². The summed E-state index contributed by atoms with van der Waals surface area (Å²) in [5.74, 6) is 0. The van der Waals surface area contributed by atoms with E-state index >= 15 is 0 Å². The van der Waals surface area contributed by atoms with Crippen LogP contribution < -0.4 is 4.90 Å². The van der Waals surface area contributed by atoms with E-state index in [0.717, 1.165) is 61.1 Å². The summed E-state index contributed by atoms with van der Waals surface area (Å²) in [5, 5.41) is 9.55. The van der Waals surface area contributed by atoms with E-state index in [4.69, 9.17) is 4.42 Å². The van der Waals surface area contributed by atoms with Gasteiger partial charge < -0.3 is 9.32 Å². The summed E-state index contributed by atoms with van der Waals surface area (Å²) in [6.45, 7) is 0. The van der Waals surface area contributed by atoms with Gasteiger partial charge in [0.05, 0.1) is 5.69 Å². The predicted octanol–water partition coefficient (Wildman–Crippen LogP) is 18.9. The highest BCUT2D eigenvalue weighted by molar-refractivity contribution is 6.20. The molecule has 0 aliphatic heterocycles. The Balaban J connectivity index is 0.955. The zero-order chi connectivity index (χ0) is 45.0. The summed E-state index contributed by atoms with van der Waals surface area (Å²) >= 11 is 0. The smallest absolute Gasteiger partial charge is 0.143 e. The van der Waals surface area contributed by atoms with Crippen molar-refractivity contribution in [3.8, 4) is 55.6 Å². The lowest BCUT2D eigenvalue weighted by Crippen LogP contribution is -2.11. The molecule has 0 aliphatic rings. The van der Waals surface area contributed by atoms with Gasteiger partial charge >= 0.3 is 0 Å². The Bertz CT molecular complexity index is 3940. The van der Waals surface area contributed by atoms with Crippen LogP contribution in [0.1, 0.15) is 0 Å². The maximum absolute atomic E-state index is 6.72. The van der Waals surface area contributed by atoms with Crippen LogP contribution in [0.2, 0.25) is 0 Å². The average molecular weight is 866 g/mol. The molecule has 0 unspecified atom stereocenters. The van der Waals surface area contributed by atoms with Crippen LogP contribution >= 0.6 is 0 Å². The number of benzene rings is 12. The van der Waals surface area contributed by atoms with Crippen LogP contribution in [0.5, 0.6) is 0 Å². The van der Waals surface area contributed by atoms with Gasteiger partial charge in [-0.1, -0.05) is 194 Å². The number of hydrogen-bond acceptors (Lipinski definition) is 2. The van der Waals surface area contributed by atoms with Gasteiger partial charge in [0.25, 0.3) is 0 Å². The zero-order valence-corrected chi connectivity index (χ0v) is 37.2. The van der Waals surface area contributed by atoms with E-state index in [1.165, 1.54) is 65.9 Å². The highest BCUT2D eigenvalue weighted by Crippen LogP contribution is 2.46. The first-order valence-electron chi connectivity index (χ1n) is 23.3. The number of rotatable bonds is 8. The Morgan fingerprint density at radius 1 is 0.265 bits per heavy atom. The lowest BCUT2D eigenvalue weighted by Gasteiger charge is -2.28. The molecule has 0 saturated heterocycles. The van der Waals surface area contributed by atoms with E-state index < -0.39 is 0 Å². The van der Waals surface area contributed by atoms with Gasteiger partial charge in [-0.15, -0.1) is 0 Å². The van der Waals surface area contributed by atoms with E-state index in [1.54, 1.807) is 0 Å². The third kappa shape index (κ3) is 6.90. The zero-order valence-electron chi connectivity index (χ0n) is 37.2. The second-order valence-corrected chi connectivity index (χ2v) is 17.6. The van der Waals surface area contributed by atoms with Gasteiger partial charge in [-0.25, -0.2) is 0 Å². The lowest BCUT2D eigenvalue weighted by atomic mass is 9.93. The number of para-hydroxylation sites is 1. The van der Waals surface area contributed by atoms with Crippen LogP contribution in [0.4, 0.5) is 17.1 Å². The van der Waals surface area contributed by atoms with Crippen LogP contribution in [-0.4, -0.2) is 0 Å². The minimum absolute atomic E-state index is 0.875. The number of nitrogens with zero attached hydrogens (tertiary/aromatic N) is 1. The van der Waals surface area contributed by atoms with Crippen molar-refractivity contribution in [1.82, 2.24) is 0 Å². The van der Waals surface area contributed by atoms with Crippen molar-refractivity contribution >= 4 is 71.3 Å². The molecular weight excluding hydrogens is 823 g/mol. The van der Waals surface area contributed by atoms with Crippen molar-refractivity contribution in [3.63, 3.8) is 0 Å². The fourth-order valence-electron chi connectivity index (χ4n) is 10.3. The minimum Gasteiger partial charge on any atom is -0.455 e. The van der Waals surface area contributed by atoms with Crippen molar-refractivity contribution in [2.45, 2.75) is 0 Å². The summed E-state index contributed by atoms with van der Waals surface area (Å²) in [4.78, 5) is 2.40. The molecule has 0 amide bonds. The molecule has 13 aromatic rings.